The van der Waals surface area contributed by atoms with Crippen LogP contribution in [0.5, 0.6) is 0 Å². The van der Waals surface area contributed by atoms with Crippen molar-refractivity contribution in [2.24, 2.45) is 11.3 Å². The number of Topliss-reactive ketones (excluding diaryl/α,β-unsaturated/α-hetero) is 1. The second-order valence-corrected chi connectivity index (χ2v) is 7.92. The molecule has 178 valence electrons. The molecule has 0 amide bonds. The average Bonchev–Trinajstić information content (AvgIpc) is 2.75. The van der Waals surface area contributed by atoms with E-state index in [0.717, 1.165) is 12.0 Å². The highest BCUT2D eigenvalue weighted by atomic mass is 16.5. The quantitative estimate of drug-likeness (QED) is 0.221. The fourth-order valence-corrected chi connectivity index (χ4v) is 3.22. The third-order valence-corrected chi connectivity index (χ3v) is 4.75. The summed E-state index contributed by atoms with van der Waals surface area (Å²) in [5, 5.41) is 0. The van der Waals surface area contributed by atoms with E-state index in [9.17, 15) is 14.4 Å². The lowest BCUT2D eigenvalue weighted by molar-refractivity contribution is -0.142. The largest absolute Gasteiger partial charge is 0.462 e. The third kappa shape index (κ3) is 11.6. The molecule has 1 unspecified atom stereocenters. The number of hydrogen-bond donors (Lipinski definition) is 0. The van der Waals surface area contributed by atoms with Gasteiger partial charge in [0.05, 0.1) is 5.92 Å². The predicted octanol–water partition coefficient (Wildman–Crippen LogP) is 6.90. The molecule has 0 bridgehead atoms. The third-order valence-electron chi connectivity index (χ3n) is 4.75. The van der Waals surface area contributed by atoms with E-state index in [4.69, 9.17) is 4.74 Å². The second kappa shape index (κ2) is 16.9. The molecule has 1 rings (SSSR count). The normalized spacial score (nSPS) is 17.1. The minimum Gasteiger partial charge on any atom is -0.462 e. The molecule has 0 spiro atoms. The molecule has 0 fully saturated rings. The summed E-state index contributed by atoms with van der Waals surface area (Å²) >= 11 is 0. The van der Waals surface area contributed by atoms with Crippen LogP contribution in [0.2, 0.25) is 0 Å². The number of ether oxygens (including phenoxy) is 1. The lowest BCUT2D eigenvalue weighted by Gasteiger charge is -2.36. The summed E-state index contributed by atoms with van der Waals surface area (Å²) in [6.45, 7) is 24.1. The Morgan fingerprint density at radius 2 is 1.78 bits per heavy atom. The zero-order valence-corrected chi connectivity index (χ0v) is 21.1. The molecule has 0 aromatic rings. The van der Waals surface area contributed by atoms with E-state index < -0.39 is 5.97 Å². The second-order valence-electron chi connectivity index (χ2n) is 7.92. The molecule has 4 heteroatoms. The monoisotopic (exact) mass is 442 g/mol. The summed E-state index contributed by atoms with van der Waals surface area (Å²) < 4.78 is 5.24. The number of esters is 1. The summed E-state index contributed by atoms with van der Waals surface area (Å²) in [6, 6.07) is 0. The Morgan fingerprint density at radius 1 is 1.19 bits per heavy atom. The van der Waals surface area contributed by atoms with Crippen molar-refractivity contribution in [1.82, 2.24) is 0 Å². The SMILES string of the molecule is C=CC/C=C\C.C=CCC(=C)C(=O)OCC1CC(C)(C)C(/C=C/C(C)=O)=C(C)C1=O.CC. The molecule has 32 heavy (non-hydrogen) atoms. The van der Waals surface area contributed by atoms with Gasteiger partial charge in [0.15, 0.2) is 11.6 Å². The van der Waals surface area contributed by atoms with Gasteiger partial charge < -0.3 is 4.74 Å². The first kappa shape index (κ1) is 31.4. The van der Waals surface area contributed by atoms with Crippen molar-refractivity contribution in [3.63, 3.8) is 0 Å². The molecule has 0 radical (unpaired) electrons. The van der Waals surface area contributed by atoms with Crippen LogP contribution in [0.1, 0.15) is 67.7 Å². The van der Waals surface area contributed by atoms with Crippen LogP contribution in [0.15, 0.2) is 72.9 Å². The van der Waals surface area contributed by atoms with Gasteiger partial charge in [-0.05, 0) is 62.7 Å². The summed E-state index contributed by atoms with van der Waals surface area (Å²) in [5.41, 5.74) is 1.53. The van der Waals surface area contributed by atoms with Crippen molar-refractivity contribution in [2.45, 2.75) is 67.7 Å². The topological polar surface area (TPSA) is 60.4 Å². The van der Waals surface area contributed by atoms with Gasteiger partial charge in [0.25, 0.3) is 0 Å². The van der Waals surface area contributed by atoms with Crippen LogP contribution in [0, 0.1) is 11.3 Å². The van der Waals surface area contributed by atoms with Crippen molar-refractivity contribution in [3.8, 4) is 0 Å². The van der Waals surface area contributed by atoms with Crippen molar-refractivity contribution in [2.75, 3.05) is 6.61 Å². The van der Waals surface area contributed by atoms with Crippen LogP contribution in [0.3, 0.4) is 0 Å². The first-order chi connectivity index (χ1) is 15.0. The van der Waals surface area contributed by atoms with Crippen LogP contribution >= 0.6 is 0 Å². The number of allylic oxidation sites excluding steroid dienone is 8. The smallest absolute Gasteiger partial charge is 0.333 e. The summed E-state index contributed by atoms with van der Waals surface area (Å²) in [4.78, 5) is 35.6. The number of carbonyl (C=O) groups excluding carboxylic acids is 3. The van der Waals surface area contributed by atoms with Crippen LogP contribution in [-0.2, 0) is 19.1 Å². The first-order valence-electron chi connectivity index (χ1n) is 11.1. The van der Waals surface area contributed by atoms with Gasteiger partial charge in [0, 0.05) is 5.57 Å². The lowest BCUT2D eigenvalue weighted by atomic mass is 9.68. The van der Waals surface area contributed by atoms with E-state index in [0.29, 0.717) is 24.0 Å². The molecule has 1 aliphatic rings. The maximum Gasteiger partial charge on any atom is 0.333 e. The molecule has 1 atom stereocenters. The minimum atomic E-state index is -0.496. The van der Waals surface area contributed by atoms with E-state index in [-0.39, 0.29) is 29.5 Å². The average molecular weight is 443 g/mol. The van der Waals surface area contributed by atoms with Crippen molar-refractivity contribution in [1.29, 1.82) is 0 Å². The van der Waals surface area contributed by atoms with Gasteiger partial charge in [-0.2, -0.15) is 0 Å². The van der Waals surface area contributed by atoms with Gasteiger partial charge in [-0.15, -0.1) is 13.2 Å². The van der Waals surface area contributed by atoms with Gasteiger partial charge in [-0.25, -0.2) is 4.79 Å². The standard InChI is InChI=1S/C20H26O4.C6H10.C2H6/c1-7-8-13(2)19(23)24-12-16-11-20(5,6)17(10-9-14(3)21)15(4)18(16)22;1-3-5-6-4-2;1-2/h7,9-10,16H,1-2,8,11-12H2,3-6H3;3-4,6H,1,5H2,2H3;1-2H3/b10-9+;6-4-;. The van der Waals surface area contributed by atoms with Crippen LogP contribution in [0.25, 0.3) is 0 Å². The Balaban J connectivity index is 0. The molecule has 0 saturated carbocycles. The maximum atomic E-state index is 12.6. The number of ketones is 2. The van der Waals surface area contributed by atoms with Crippen LogP contribution < -0.4 is 0 Å². The van der Waals surface area contributed by atoms with Gasteiger partial charge in [-0.3, -0.25) is 9.59 Å². The predicted molar refractivity (Wildman–Crippen MR) is 135 cm³/mol. The van der Waals surface area contributed by atoms with Crippen LogP contribution in [0.4, 0.5) is 0 Å². The molecule has 4 nitrogen and oxygen atoms in total. The highest BCUT2D eigenvalue weighted by Crippen LogP contribution is 2.42. The number of carbonyl (C=O) groups is 3. The highest BCUT2D eigenvalue weighted by molar-refractivity contribution is 6.00. The van der Waals surface area contributed by atoms with E-state index in [2.05, 4.69) is 25.8 Å². The van der Waals surface area contributed by atoms with E-state index >= 15 is 0 Å². The summed E-state index contributed by atoms with van der Waals surface area (Å²) in [7, 11) is 0. The van der Waals surface area contributed by atoms with Crippen LogP contribution in [-0.4, -0.2) is 24.1 Å². The lowest BCUT2D eigenvalue weighted by Crippen LogP contribution is -2.35. The molecular weight excluding hydrogens is 400 g/mol. The Labute approximate surface area is 195 Å². The zero-order chi connectivity index (χ0) is 25.3. The Kier molecular flexibility index (Phi) is 16.6. The molecule has 0 aromatic carbocycles. The molecule has 0 saturated heterocycles. The molecule has 1 aliphatic carbocycles. The van der Waals surface area contributed by atoms with E-state index in [1.54, 1.807) is 19.1 Å². The van der Waals surface area contributed by atoms with Crippen molar-refractivity contribution >= 4 is 17.5 Å². The van der Waals surface area contributed by atoms with Gasteiger partial charge in [-0.1, -0.05) is 64.7 Å². The van der Waals surface area contributed by atoms with E-state index in [1.807, 2.05) is 46.8 Å². The molecule has 0 heterocycles. The Hall–Kier alpha value is -2.75. The first-order valence-corrected chi connectivity index (χ1v) is 11.1. The van der Waals surface area contributed by atoms with Crippen molar-refractivity contribution < 1.29 is 19.1 Å². The Morgan fingerprint density at radius 3 is 2.22 bits per heavy atom. The van der Waals surface area contributed by atoms with Gasteiger partial charge in [0.1, 0.15) is 6.61 Å². The molecule has 0 aliphatic heterocycles. The molecular formula is C28H42O4. The fraction of sp³-hybridized carbons (Fsp3) is 0.464. The molecule has 0 aromatic heterocycles. The summed E-state index contributed by atoms with van der Waals surface area (Å²) in [5.74, 6) is -0.977. The number of hydrogen-bond acceptors (Lipinski definition) is 4. The molecule has 0 N–H and O–H groups in total. The highest BCUT2D eigenvalue weighted by Gasteiger charge is 2.38. The number of rotatable bonds is 9. The fourth-order valence-electron chi connectivity index (χ4n) is 3.22. The van der Waals surface area contributed by atoms with Gasteiger partial charge >= 0.3 is 5.97 Å². The summed E-state index contributed by atoms with van der Waals surface area (Å²) in [6.07, 6.45) is 12.7. The maximum absolute atomic E-state index is 12.6. The van der Waals surface area contributed by atoms with Crippen molar-refractivity contribution in [3.05, 3.63) is 72.9 Å². The minimum absolute atomic E-state index is 0.0400. The van der Waals surface area contributed by atoms with E-state index in [1.165, 1.54) is 13.0 Å². The Bertz CT molecular complexity index is 760. The van der Waals surface area contributed by atoms with Gasteiger partial charge in [0.2, 0.25) is 0 Å². The zero-order valence-electron chi connectivity index (χ0n) is 21.1.